The van der Waals surface area contributed by atoms with Gasteiger partial charge in [-0.25, -0.2) is 26.3 Å². The molecule has 0 aliphatic carbocycles. The van der Waals surface area contributed by atoms with Crippen molar-refractivity contribution in [3.63, 3.8) is 0 Å². The Morgan fingerprint density at radius 1 is 0.500 bits per heavy atom. The third-order valence-corrected chi connectivity index (χ3v) is 13.2. The van der Waals surface area contributed by atoms with Gasteiger partial charge in [-0.3, -0.25) is 0 Å². The van der Waals surface area contributed by atoms with Crippen molar-refractivity contribution in [2.75, 3.05) is 39.4 Å². The van der Waals surface area contributed by atoms with Crippen molar-refractivity contribution >= 4 is 66.7 Å². The lowest BCUT2D eigenvalue weighted by Crippen LogP contribution is -2.24. The van der Waals surface area contributed by atoms with E-state index in [1.807, 2.05) is 36.7 Å². The first-order valence-electron chi connectivity index (χ1n) is 20.2. The molecule has 326 valence electrons. The van der Waals surface area contributed by atoms with Crippen LogP contribution in [0.25, 0.3) is 32.9 Å². The number of aromatic amines is 2. The Morgan fingerprint density at radius 3 is 1.27 bits per heavy atom. The van der Waals surface area contributed by atoms with Crippen molar-refractivity contribution in [1.82, 2.24) is 19.4 Å². The highest BCUT2D eigenvalue weighted by Crippen LogP contribution is 2.26. The second-order valence-electron chi connectivity index (χ2n) is 14.5. The molecule has 0 unspecified atom stereocenters. The maximum atomic E-state index is 12.9. The molecule has 0 fully saturated rings. The number of benzene rings is 4. The first kappa shape index (κ1) is 48.5. The molecule has 0 atom stereocenters. The van der Waals surface area contributed by atoms with E-state index in [2.05, 4.69) is 31.5 Å². The van der Waals surface area contributed by atoms with Crippen LogP contribution in [0, 0.1) is 0 Å². The SMILES string of the molecule is Cl.Cl.NCCc1c[nH]c2ccc(OCCCCCCNS(=O)(=O)c3ccc(-c4ccc(S(=O)(=O)NCCCCCCOc5ccc6[nH]cc(CCN)c6c5)cc4)cc3)cc12. The Morgan fingerprint density at radius 2 is 0.883 bits per heavy atom. The summed E-state index contributed by atoms with van der Waals surface area (Å²) >= 11 is 0. The molecular weight excluding hydrogens is 844 g/mol. The number of sulfonamides is 2. The van der Waals surface area contributed by atoms with Crippen LogP contribution in [0.15, 0.2) is 107 Å². The van der Waals surface area contributed by atoms with Gasteiger partial charge in [0.2, 0.25) is 20.0 Å². The fraction of sp³-hybridized carbons (Fsp3) is 0.364. The zero-order valence-electron chi connectivity index (χ0n) is 33.8. The molecule has 6 aromatic rings. The van der Waals surface area contributed by atoms with Gasteiger partial charge in [0.25, 0.3) is 0 Å². The predicted molar refractivity (Wildman–Crippen MR) is 247 cm³/mol. The summed E-state index contributed by atoms with van der Waals surface area (Å²) in [7, 11) is -7.32. The monoisotopic (exact) mass is 900 g/mol. The molecule has 0 radical (unpaired) electrons. The first-order valence-corrected chi connectivity index (χ1v) is 23.2. The molecule has 0 saturated carbocycles. The molecule has 0 bridgehead atoms. The van der Waals surface area contributed by atoms with Crippen molar-refractivity contribution < 1.29 is 26.3 Å². The molecular formula is C44H58Cl2N6O6S2. The lowest BCUT2D eigenvalue weighted by atomic mass is 10.1. The zero-order chi connectivity index (χ0) is 40.8. The van der Waals surface area contributed by atoms with Gasteiger partial charge in [-0.1, -0.05) is 49.9 Å². The van der Waals surface area contributed by atoms with Gasteiger partial charge in [0.1, 0.15) is 11.5 Å². The summed E-state index contributed by atoms with van der Waals surface area (Å²) in [5, 5.41) is 2.27. The number of hydrogen-bond acceptors (Lipinski definition) is 8. The Labute approximate surface area is 366 Å². The molecule has 8 N–H and O–H groups in total. The van der Waals surface area contributed by atoms with E-state index in [0.29, 0.717) is 39.4 Å². The van der Waals surface area contributed by atoms with E-state index in [1.54, 1.807) is 48.5 Å². The van der Waals surface area contributed by atoms with Gasteiger partial charge < -0.3 is 30.9 Å². The molecule has 12 nitrogen and oxygen atoms in total. The number of hydrogen-bond donors (Lipinski definition) is 6. The van der Waals surface area contributed by atoms with Gasteiger partial charge in [-0.15, -0.1) is 24.8 Å². The number of fused-ring (bicyclic) bond motifs is 2. The Balaban J connectivity index is 0.00000397. The van der Waals surface area contributed by atoms with Crippen molar-refractivity contribution in [2.45, 2.75) is 74.0 Å². The Hall–Kier alpha value is -4.12. The van der Waals surface area contributed by atoms with Crippen LogP contribution in [0.5, 0.6) is 11.5 Å². The Bertz CT molecular complexity index is 2270. The number of ether oxygens (including phenoxy) is 2. The second kappa shape index (κ2) is 23.8. The highest BCUT2D eigenvalue weighted by atomic mass is 35.5. The normalized spacial score (nSPS) is 11.7. The molecule has 2 heterocycles. The van der Waals surface area contributed by atoms with Gasteiger partial charge in [-0.2, -0.15) is 0 Å². The van der Waals surface area contributed by atoms with Crippen LogP contribution in [0.1, 0.15) is 62.5 Å². The number of unbranched alkanes of at least 4 members (excludes halogenated alkanes) is 6. The third kappa shape index (κ3) is 13.4. The number of nitrogens with one attached hydrogen (secondary N) is 4. The number of H-pyrrole nitrogens is 2. The first-order chi connectivity index (χ1) is 28.2. The molecule has 0 aliphatic rings. The van der Waals surface area contributed by atoms with E-state index < -0.39 is 20.0 Å². The molecule has 6 rings (SSSR count). The van der Waals surface area contributed by atoms with Crippen molar-refractivity contribution in [3.8, 4) is 22.6 Å². The van der Waals surface area contributed by atoms with Gasteiger partial charge in [-0.05, 0) is 135 Å². The maximum absolute atomic E-state index is 12.9. The van der Waals surface area contributed by atoms with E-state index in [9.17, 15) is 16.8 Å². The molecule has 0 amide bonds. The molecule has 2 aromatic heterocycles. The third-order valence-electron chi connectivity index (χ3n) is 10.2. The highest BCUT2D eigenvalue weighted by molar-refractivity contribution is 7.89. The molecule has 0 saturated heterocycles. The average Bonchev–Trinajstić information content (AvgIpc) is 3.83. The van der Waals surface area contributed by atoms with Crippen LogP contribution in [0.4, 0.5) is 0 Å². The smallest absolute Gasteiger partial charge is 0.240 e. The summed E-state index contributed by atoms with van der Waals surface area (Å²) in [5.41, 5.74) is 17.5. The molecule has 4 aromatic carbocycles. The minimum Gasteiger partial charge on any atom is -0.494 e. The number of nitrogens with two attached hydrogens (primary N) is 2. The molecule has 0 aliphatic heterocycles. The predicted octanol–water partition coefficient (Wildman–Crippen LogP) is 8.00. The van der Waals surface area contributed by atoms with E-state index in [1.165, 1.54) is 11.1 Å². The average molecular weight is 902 g/mol. The van der Waals surface area contributed by atoms with Crippen molar-refractivity contribution in [1.29, 1.82) is 0 Å². The van der Waals surface area contributed by atoms with Crippen LogP contribution in [0.2, 0.25) is 0 Å². The number of rotatable bonds is 25. The van der Waals surface area contributed by atoms with E-state index >= 15 is 0 Å². The lowest BCUT2D eigenvalue weighted by molar-refractivity contribution is 0.305. The van der Waals surface area contributed by atoms with Crippen LogP contribution in [-0.4, -0.2) is 66.2 Å². The van der Waals surface area contributed by atoms with E-state index in [4.69, 9.17) is 20.9 Å². The van der Waals surface area contributed by atoms with Crippen molar-refractivity contribution in [3.05, 3.63) is 108 Å². The zero-order valence-corrected chi connectivity index (χ0v) is 37.1. The summed E-state index contributed by atoms with van der Waals surface area (Å²) in [6.07, 6.45) is 12.4. The van der Waals surface area contributed by atoms with Crippen molar-refractivity contribution in [2.24, 2.45) is 11.5 Å². The fourth-order valence-corrected chi connectivity index (χ4v) is 9.14. The van der Waals surface area contributed by atoms with Gasteiger partial charge in [0.15, 0.2) is 0 Å². The minimum atomic E-state index is -3.66. The summed E-state index contributed by atoms with van der Waals surface area (Å²) < 4.78 is 69.0. The largest absolute Gasteiger partial charge is 0.494 e. The number of halogens is 2. The summed E-state index contributed by atoms with van der Waals surface area (Å²) in [6, 6.07) is 25.3. The van der Waals surface area contributed by atoms with E-state index in [-0.39, 0.29) is 34.6 Å². The van der Waals surface area contributed by atoms with Crippen LogP contribution < -0.4 is 30.4 Å². The topological polar surface area (TPSA) is 194 Å². The summed E-state index contributed by atoms with van der Waals surface area (Å²) in [4.78, 5) is 6.90. The van der Waals surface area contributed by atoms with Crippen LogP contribution in [-0.2, 0) is 32.9 Å². The van der Waals surface area contributed by atoms with E-state index in [0.717, 1.165) is 109 Å². The standard InChI is InChI=1S/C44H56N6O6S2.2ClH/c45-23-21-35-31-47-43-19-13-37(29-41(35)43)55-27-7-3-1-5-25-49-57(51,52)39-15-9-33(10-16-39)34-11-17-40(18-12-34)58(53,54)50-26-6-2-4-8-28-56-38-14-20-44-42(30-38)36(22-24-46)32-48-44;;/h9-20,29-32,47-50H,1-8,21-28,45-46H2;2*1H. The fourth-order valence-electron chi connectivity index (χ4n) is 6.99. The molecule has 16 heteroatoms. The van der Waals surface area contributed by atoms with Crippen LogP contribution >= 0.6 is 24.8 Å². The van der Waals surface area contributed by atoms with Crippen LogP contribution in [0.3, 0.4) is 0 Å². The minimum absolute atomic E-state index is 0. The molecule has 60 heavy (non-hydrogen) atoms. The van der Waals surface area contributed by atoms with Gasteiger partial charge in [0, 0.05) is 47.3 Å². The molecule has 0 spiro atoms. The second-order valence-corrected chi connectivity index (χ2v) is 18.0. The summed E-state index contributed by atoms with van der Waals surface area (Å²) in [6.45, 7) is 3.08. The Kier molecular flexibility index (Phi) is 19.2. The highest BCUT2D eigenvalue weighted by Gasteiger charge is 2.16. The number of aromatic nitrogens is 2. The van der Waals surface area contributed by atoms with Gasteiger partial charge in [0.05, 0.1) is 23.0 Å². The summed E-state index contributed by atoms with van der Waals surface area (Å²) in [5.74, 6) is 1.66. The maximum Gasteiger partial charge on any atom is 0.240 e. The quantitative estimate of drug-likeness (QED) is 0.0311. The lowest BCUT2D eigenvalue weighted by Gasteiger charge is -2.10. The van der Waals surface area contributed by atoms with Gasteiger partial charge >= 0.3 is 0 Å².